The largest absolute Gasteiger partial charge is 0.462 e. The molecule has 0 aliphatic heterocycles. The molecule has 0 unspecified atom stereocenters. The summed E-state index contributed by atoms with van der Waals surface area (Å²) < 4.78 is 14.7. The van der Waals surface area contributed by atoms with Crippen molar-refractivity contribution >= 4 is 17.9 Å². The van der Waals surface area contributed by atoms with E-state index in [0.717, 1.165) is 0 Å². The number of hydrogen-bond donors (Lipinski definition) is 0. The summed E-state index contributed by atoms with van der Waals surface area (Å²) in [6, 6.07) is 0. The van der Waals surface area contributed by atoms with Crippen molar-refractivity contribution in [1.29, 1.82) is 0 Å². The van der Waals surface area contributed by atoms with Crippen LogP contribution in [0.2, 0.25) is 0 Å². The highest BCUT2D eigenvalue weighted by molar-refractivity contribution is 5.70. The lowest BCUT2D eigenvalue weighted by Crippen LogP contribution is -2.31. The molecule has 0 saturated carbocycles. The van der Waals surface area contributed by atoms with E-state index >= 15 is 0 Å². The molecule has 0 aromatic rings. The van der Waals surface area contributed by atoms with Crippen molar-refractivity contribution in [2.45, 2.75) is 47.1 Å². The molecule has 0 radical (unpaired) electrons. The van der Waals surface area contributed by atoms with Crippen LogP contribution in [0.4, 0.5) is 0 Å². The second-order valence-corrected chi connectivity index (χ2v) is 5.45. The number of carbonyl (C=O) groups is 3. The smallest absolute Gasteiger partial charge is 0.306 e. The first kappa shape index (κ1) is 17.4. The van der Waals surface area contributed by atoms with Crippen LogP contribution in [0, 0.1) is 5.41 Å². The summed E-state index contributed by atoms with van der Waals surface area (Å²) >= 11 is 0. The molecular weight excluding hydrogens is 252 g/mol. The fourth-order valence-electron chi connectivity index (χ4n) is 1.20. The van der Waals surface area contributed by atoms with Crippen molar-refractivity contribution in [2.75, 3.05) is 13.2 Å². The van der Waals surface area contributed by atoms with E-state index in [9.17, 15) is 14.4 Å². The Kier molecular flexibility index (Phi) is 7.11. The Morgan fingerprint density at radius 3 is 1.68 bits per heavy atom. The summed E-state index contributed by atoms with van der Waals surface area (Å²) in [4.78, 5) is 33.1. The van der Waals surface area contributed by atoms with Crippen LogP contribution < -0.4 is 0 Å². The molecule has 0 heterocycles. The van der Waals surface area contributed by atoms with Crippen molar-refractivity contribution in [3.8, 4) is 0 Å². The van der Waals surface area contributed by atoms with Gasteiger partial charge >= 0.3 is 17.9 Å². The van der Waals surface area contributed by atoms with Gasteiger partial charge in [-0.25, -0.2) is 0 Å². The summed E-state index contributed by atoms with van der Waals surface area (Å²) in [5, 5.41) is 0. The van der Waals surface area contributed by atoms with Crippen molar-refractivity contribution in [3.63, 3.8) is 0 Å². The maximum atomic E-state index is 11.7. The van der Waals surface area contributed by atoms with Crippen LogP contribution in [0.1, 0.15) is 41.0 Å². The Morgan fingerprint density at radius 2 is 1.37 bits per heavy atom. The first-order valence-corrected chi connectivity index (χ1v) is 6.06. The molecule has 0 bridgehead atoms. The molecule has 110 valence electrons. The molecule has 0 amide bonds. The molecule has 0 fully saturated rings. The molecule has 0 aromatic carbocycles. The third-order valence-corrected chi connectivity index (χ3v) is 1.92. The zero-order valence-electron chi connectivity index (χ0n) is 12.1. The topological polar surface area (TPSA) is 78.9 Å². The van der Waals surface area contributed by atoms with Gasteiger partial charge in [-0.3, -0.25) is 14.4 Å². The maximum absolute atomic E-state index is 11.7. The van der Waals surface area contributed by atoms with Gasteiger partial charge in [0.05, 0.1) is 6.42 Å². The molecule has 0 aromatic heterocycles. The number of esters is 3. The Labute approximate surface area is 113 Å². The molecule has 0 N–H and O–H groups in total. The van der Waals surface area contributed by atoms with Gasteiger partial charge < -0.3 is 14.2 Å². The SMILES string of the molecule is CC(=O)OCC(COC(C)=O)OC(=O)CC(C)(C)C. The third kappa shape index (κ3) is 11.2. The van der Waals surface area contributed by atoms with E-state index in [4.69, 9.17) is 14.2 Å². The number of rotatable bonds is 6. The van der Waals surface area contributed by atoms with E-state index in [1.807, 2.05) is 20.8 Å². The minimum absolute atomic E-state index is 0.126. The predicted molar refractivity (Wildman–Crippen MR) is 67.2 cm³/mol. The summed E-state index contributed by atoms with van der Waals surface area (Å²) in [6.45, 7) is 7.96. The van der Waals surface area contributed by atoms with E-state index < -0.39 is 24.0 Å². The Bertz CT molecular complexity index is 311. The lowest BCUT2D eigenvalue weighted by Gasteiger charge is -2.21. The minimum atomic E-state index is -0.775. The van der Waals surface area contributed by atoms with Crippen molar-refractivity contribution in [1.82, 2.24) is 0 Å². The van der Waals surface area contributed by atoms with Gasteiger partial charge in [0.1, 0.15) is 13.2 Å². The molecule has 19 heavy (non-hydrogen) atoms. The predicted octanol–water partition coefficient (Wildman–Crippen LogP) is 1.46. The monoisotopic (exact) mass is 274 g/mol. The van der Waals surface area contributed by atoms with E-state index in [2.05, 4.69) is 0 Å². The highest BCUT2D eigenvalue weighted by Gasteiger charge is 2.22. The second-order valence-electron chi connectivity index (χ2n) is 5.45. The van der Waals surface area contributed by atoms with E-state index in [-0.39, 0.29) is 25.0 Å². The van der Waals surface area contributed by atoms with Crippen LogP contribution in [0.5, 0.6) is 0 Å². The van der Waals surface area contributed by atoms with Crippen molar-refractivity contribution in [2.24, 2.45) is 5.41 Å². The van der Waals surface area contributed by atoms with Gasteiger partial charge in [-0.15, -0.1) is 0 Å². The van der Waals surface area contributed by atoms with Gasteiger partial charge in [0.15, 0.2) is 6.10 Å². The Morgan fingerprint density at radius 1 is 0.947 bits per heavy atom. The quantitative estimate of drug-likeness (QED) is 0.539. The zero-order chi connectivity index (χ0) is 15.1. The molecule has 6 nitrogen and oxygen atoms in total. The van der Waals surface area contributed by atoms with Gasteiger partial charge in [-0.1, -0.05) is 20.8 Å². The lowest BCUT2D eigenvalue weighted by molar-refractivity contribution is -0.166. The van der Waals surface area contributed by atoms with Crippen LogP contribution in [0.15, 0.2) is 0 Å². The minimum Gasteiger partial charge on any atom is -0.462 e. The van der Waals surface area contributed by atoms with Gasteiger partial charge in [0, 0.05) is 13.8 Å². The fraction of sp³-hybridized carbons (Fsp3) is 0.769. The average Bonchev–Trinajstić information content (AvgIpc) is 2.18. The summed E-state index contributed by atoms with van der Waals surface area (Å²) in [6.07, 6.45) is -0.549. The van der Waals surface area contributed by atoms with E-state index in [1.54, 1.807) is 0 Å². The summed E-state index contributed by atoms with van der Waals surface area (Å²) in [5.74, 6) is -1.39. The molecule has 6 heteroatoms. The van der Waals surface area contributed by atoms with Gasteiger partial charge in [0.2, 0.25) is 0 Å². The molecular formula is C13H22O6. The highest BCUT2D eigenvalue weighted by Crippen LogP contribution is 2.19. The third-order valence-electron chi connectivity index (χ3n) is 1.92. The molecule has 0 atom stereocenters. The van der Waals surface area contributed by atoms with Crippen molar-refractivity contribution in [3.05, 3.63) is 0 Å². The molecule has 0 aliphatic carbocycles. The maximum Gasteiger partial charge on any atom is 0.306 e. The highest BCUT2D eigenvalue weighted by atomic mass is 16.6. The lowest BCUT2D eigenvalue weighted by atomic mass is 9.92. The van der Waals surface area contributed by atoms with Crippen LogP contribution in [-0.4, -0.2) is 37.2 Å². The normalized spacial score (nSPS) is 11.1. The number of hydrogen-bond acceptors (Lipinski definition) is 6. The first-order chi connectivity index (χ1) is 8.60. The Hall–Kier alpha value is -1.59. The molecule has 0 aliphatic rings. The fourth-order valence-corrected chi connectivity index (χ4v) is 1.20. The van der Waals surface area contributed by atoms with Crippen LogP contribution in [-0.2, 0) is 28.6 Å². The second kappa shape index (κ2) is 7.76. The van der Waals surface area contributed by atoms with E-state index in [0.29, 0.717) is 0 Å². The zero-order valence-corrected chi connectivity index (χ0v) is 12.1. The van der Waals surface area contributed by atoms with Crippen LogP contribution in [0.25, 0.3) is 0 Å². The van der Waals surface area contributed by atoms with Crippen molar-refractivity contribution < 1.29 is 28.6 Å². The number of ether oxygens (including phenoxy) is 3. The average molecular weight is 274 g/mol. The van der Waals surface area contributed by atoms with Gasteiger partial charge in [0.25, 0.3) is 0 Å². The molecule has 0 saturated heterocycles. The summed E-state index contributed by atoms with van der Waals surface area (Å²) in [7, 11) is 0. The van der Waals surface area contributed by atoms with Crippen LogP contribution >= 0.6 is 0 Å². The van der Waals surface area contributed by atoms with Gasteiger partial charge in [-0.05, 0) is 5.41 Å². The summed E-state index contributed by atoms with van der Waals surface area (Å²) in [5.41, 5.74) is -0.204. The number of carbonyl (C=O) groups excluding carboxylic acids is 3. The Balaban J connectivity index is 4.34. The van der Waals surface area contributed by atoms with Crippen LogP contribution in [0.3, 0.4) is 0 Å². The first-order valence-electron chi connectivity index (χ1n) is 6.06. The standard InChI is InChI=1S/C13H22O6/c1-9(14)17-7-11(8-18-10(2)15)19-12(16)6-13(3,4)5/h11H,6-8H2,1-5H3. The van der Waals surface area contributed by atoms with Gasteiger partial charge in [-0.2, -0.15) is 0 Å². The molecule has 0 spiro atoms. The van der Waals surface area contributed by atoms with E-state index in [1.165, 1.54) is 13.8 Å². The molecule has 0 rings (SSSR count).